The summed E-state index contributed by atoms with van der Waals surface area (Å²) < 4.78 is 0.435. The third-order valence-corrected chi connectivity index (χ3v) is 4.20. The molecule has 0 saturated heterocycles. The molecule has 0 N–H and O–H groups in total. The van der Waals surface area contributed by atoms with Gasteiger partial charge < -0.3 is 4.79 Å². The van der Waals surface area contributed by atoms with Crippen molar-refractivity contribution in [3.63, 3.8) is 0 Å². The number of rotatable bonds is 3. The lowest BCUT2D eigenvalue weighted by atomic mass is 10.00. The molecule has 0 radical (unpaired) electrons. The maximum atomic E-state index is 11.0. The maximum Gasteiger partial charge on any atom is 0.564 e. The average Bonchev–Trinajstić information content (AvgIpc) is 1.84. The number of carbonyl (C=O) groups is 1. The molecule has 0 spiro atoms. The minimum absolute atomic E-state index is 0.260. The first kappa shape index (κ1) is 9.92. The molecule has 0 aromatic rings. The van der Waals surface area contributed by atoms with E-state index >= 15 is 0 Å². The van der Waals surface area contributed by atoms with E-state index < -0.39 is 18.2 Å². The van der Waals surface area contributed by atoms with Crippen molar-refractivity contribution < 1.29 is 4.79 Å². The highest BCUT2D eigenvalue weighted by Gasteiger charge is 2.15. The fraction of sp³-hybridized carbons (Fsp3) is 0.833. The summed E-state index contributed by atoms with van der Waals surface area (Å²) in [7, 11) is 0. The molecule has 0 saturated carbocycles. The Hall–Kier alpha value is 0.916. The van der Waals surface area contributed by atoms with Crippen LogP contribution in [-0.2, 0) is 4.79 Å². The van der Waals surface area contributed by atoms with Gasteiger partial charge in [0.15, 0.2) is 0 Å². The van der Waals surface area contributed by atoms with Gasteiger partial charge in [0.25, 0.3) is 0 Å². The molecule has 1 unspecified atom stereocenters. The lowest BCUT2D eigenvalue weighted by Crippen LogP contribution is -2.19. The number of carbonyl (C=O) groups excluding carboxylic acids is 1. The number of hydrogen-bond acceptors (Lipinski definition) is 1. The Labute approximate surface area is 72.2 Å². The lowest BCUT2D eigenvalue weighted by molar-refractivity contribution is -0.115. The summed E-state index contributed by atoms with van der Waals surface area (Å²) in [5.74, 6) is 0.763. The zero-order valence-electron chi connectivity index (χ0n) is 6.15. The molecule has 3 heteroatoms. The van der Waals surface area contributed by atoms with Crippen molar-refractivity contribution >= 4 is 35.0 Å². The summed E-state index contributed by atoms with van der Waals surface area (Å²) in [5.41, 5.74) is 0. The van der Waals surface area contributed by atoms with Crippen molar-refractivity contribution in [1.82, 2.24) is 0 Å². The van der Waals surface area contributed by atoms with E-state index in [1.165, 1.54) is 0 Å². The van der Waals surface area contributed by atoms with Gasteiger partial charge >= 0.3 is 18.2 Å². The van der Waals surface area contributed by atoms with Crippen LogP contribution in [0.25, 0.3) is 0 Å². The van der Waals surface area contributed by atoms with E-state index in [0.29, 0.717) is 9.83 Å². The minimum atomic E-state index is -0.578. The van der Waals surface area contributed by atoms with E-state index in [4.69, 9.17) is 0 Å². The van der Waals surface area contributed by atoms with Crippen molar-refractivity contribution in [3.8, 4) is 0 Å². The van der Waals surface area contributed by atoms with Crippen molar-refractivity contribution in [1.29, 1.82) is 0 Å². The second kappa shape index (κ2) is 4.69. The SMILES string of the molecule is CC(C)C(C)[C](=O)[Mg][Br]. The van der Waals surface area contributed by atoms with Crippen LogP contribution in [0.4, 0.5) is 0 Å². The van der Waals surface area contributed by atoms with Gasteiger partial charge in [-0.3, -0.25) is 12.9 Å². The fourth-order valence-corrected chi connectivity index (χ4v) is 2.74. The number of halogens is 1. The van der Waals surface area contributed by atoms with Crippen LogP contribution in [0.2, 0.25) is 0 Å². The van der Waals surface area contributed by atoms with Gasteiger partial charge in [-0.15, -0.1) is 0 Å². The molecule has 1 nitrogen and oxygen atoms in total. The van der Waals surface area contributed by atoms with Crippen LogP contribution < -0.4 is 0 Å². The van der Waals surface area contributed by atoms with E-state index in [-0.39, 0.29) is 5.92 Å². The summed E-state index contributed by atoms with van der Waals surface area (Å²) in [6.07, 6.45) is 0. The molecule has 0 aliphatic rings. The molecule has 50 valence electrons. The molecule has 0 heterocycles. The van der Waals surface area contributed by atoms with Gasteiger partial charge in [-0.05, 0) is 11.8 Å². The Morgan fingerprint density at radius 2 is 1.89 bits per heavy atom. The smallest absolute Gasteiger partial charge is 0.334 e. The standard InChI is InChI=1S/C6H11O.BrH.Mg/c1-5(2)6(3)4-7;;/h5-6H,1-3H3;1H;/q;;+1/p-1. The van der Waals surface area contributed by atoms with E-state index in [1.54, 1.807) is 0 Å². The minimum Gasteiger partial charge on any atom is -0.334 e. The van der Waals surface area contributed by atoms with Gasteiger partial charge in [0.1, 0.15) is 0 Å². The van der Waals surface area contributed by atoms with Crippen molar-refractivity contribution in [2.75, 3.05) is 0 Å². The van der Waals surface area contributed by atoms with E-state index in [1.807, 2.05) is 6.92 Å². The molecule has 0 aromatic heterocycles. The van der Waals surface area contributed by atoms with Crippen molar-refractivity contribution in [3.05, 3.63) is 0 Å². The Bertz CT molecular complexity index is 103. The molecule has 0 aliphatic carbocycles. The highest BCUT2D eigenvalue weighted by molar-refractivity contribution is 9.24. The molecule has 0 bridgehead atoms. The first-order valence-electron chi connectivity index (χ1n) is 3.18. The van der Waals surface area contributed by atoms with Crippen molar-refractivity contribution in [2.24, 2.45) is 11.8 Å². The second-order valence-electron chi connectivity index (χ2n) is 2.63. The fourth-order valence-electron chi connectivity index (χ4n) is 0.493. The lowest BCUT2D eigenvalue weighted by Gasteiger charge is -2.12. The third-order valence-electron chi connectivity index (χ3n) is 1.64. The average molecular weight is 203 g/mol. The van der Waals surface area contributed by atoms with E-state index in [0.717, 1.165) is 0 Å². The van der Waals surface area contributed by atoms with E-state index in [9.17, 15) is 4.79 Å². The molecular formula is C6H11BrMgO. The summed E-state index contributed by atoms with van der Waals surface area (Å²) in [4.78, 5) is 11.0. The predicted octanol–water partition coefficient (Wildman–Crippen LogP) is 1.82. The highest BCUT2D eigenvalue weighted by Crippen LogP contribution is 2.10. The van der Waals surface area contributed by atoms with Gasteiger partial charge in [-0.1, -0.05) is 20.8 Å². The van der Waals surface area contributed by atoms with Crippen LogP contribution >= 0.6 is 12.9 Å². The van der Waals surface area contributed by atoms with Crippen LogP contribution in [0.3, 0.4) is 0 Å². The molecule has 1 atom stereocenters. The maximum absolute atomic E-state index is 11.0. The molecule has 0 aliphatic heterocycles. The van der Waals surface area contributed by atoms with Crippen LogP contribution in [0.1, 0.15) is 20.8 Å². The Kier molecular flexibility index (Phi) is 5.17. The molecule has 0 fully saturated rings. The highest BCUT2D eigenvalue weighted by atomic mass is 79.9. The first-order chi connectivity index (χ1) is 4.09. The Morgan fingerprint density at radius 1 is 1.44 bits per heavy atom. The molecule has 0 rings (SSSR count). The van der Waals surface area contributed by atoms with Crippen molar-refractivity contribution in [2.45, 2.75) is 20.8 Å². The van der Waals surface area contributed by atoms with Crippen LogP contribution in [0.5, 0.6) is 0 Å². The normalized spacial score (nSPS) is 13.0. The molecule has 9 heavy (non-hydrogen) atoms. The summed E-state index contributed by atoms with van der Waals surface area (Å²) in [5, 5.41) is 0. The summed E-state index contributed by atoms with van der Waals surface area (Å²) in [6.45, 7) is 6.17. The Balaban J connectivity index is 3.72. The van der Waals surface area contributed by atoms with Gasteiger partial charge in [0.05, 0.1) is 0 Å². The monoisotopic (exact) mass is 202 g/mol. The zero-order chi connectivity index (χ0) is 7.44. The summed E-state index contributed by atoms with van der Waals surface area (Å²) >= 11 is 2.69. The summed E-state index contributed by atoms with van der Waals surface area (Å²) in [6, 6.07) is 0. The van der Waals surface area contributed by atoms with Gasteiger partial charge in [-0.25, -0.2) is 0 Å². The second-order valence-corrected chi connectivity index (χ2v) is 5.28. The molecular weight excluding hydrogens is 192 g/mol. The Morgan fingerprint density at radius 3 is 2.00 bits per heavy atom. The van der Waals surface area contributed by atoms with Gasteiger partial charge in [0, 0.05) is 3.91 Å². The number of hydrogen-bond donors (Lipinski definition) is 0. The van der Waals surface area contributed by atoms with Gasteiger partial charge in [-0.2, -0.15) is 0 Å². The topological polar surface area (TPSA) is 17.1 Å². The van der Waals surface area contributed by atoms with Crippen LogP contribution in [0.15, 0.2) is 0 Å². The quantitative estimate of drug-likeness (QED) is 0.640. The van der Waals surface area contributed by atoms with Crippen LogP contribution in [0, 0.1) is 11.8 Å². The first-order valence-corrected chi connectivity index (χ1v) is 7.79. The van der Waals surface area contributed by atoms with Crippen LogP contribution in [-0.4, -0.2) is 22.1 Å². The largest absolute Gasteiger partial charge is 0.564 e. The predicted molar refractivity (Wildman–Crippen MR) is 43.7 cm³/mol. The zero-order valence-corrected chi connectivity index (χ0v) is 9.15. The van der Waals surface area contributed by atoms with E-state index in [2.05, 4.69) is 26.7 Å². The third kappa shape index (κ3) is 3.58. The van der Waals surface area contributed by atoms with Gasteiger partial charge in [0.2, 0.25) is 0 Å². The molecule has 0 amide bonds. The molecule has 0 aromatic carbocycles.